The maximum absolute atomic E-state index is 12.6. The Morgan fingerprint density at radius 3 is 2.81 bits per heavy atom. The second-order valence-electron chi connectivity index (χ2n) is 8.29. The molecule has 2 saturated heterocycles. The van der Waals surface area contributed by atoms with Gasteiger partial charge in [-0.25, -0.2) is 0 Å². The topological polar surface area (TPSA) is 76.4 Å². The molecule has 2 aromatic rings. The van der Waals surface area contributed by atoms with Crippen molar-refractivity contribution in [3.05, 3.63) is 41.7 Å². The number of amides is 1. The van der Waals surface area contributed by atoms with Crippen molar-refractivity contribution >= 4 is 11.8 Å². The van der Waals surface area contributed by atoms with Crippen LogP contribution in [-0.4, -0.2) is 63.0 Å². The largest absolute Gasteiger partial charge is 0.454 e. The highest BCUT2D eigenvalue weighted by atomic mass is 16.7. The minimum absolute atomic E-state index is 0.0616. The van der Waals surface area contributed by atoms with Crippen molar-refractivity contribution in [2.45, 2.75) is 31.9 Å². The van der Waals surface area contributed by atoms with E-state index in [0.717, 1.165) is 50.8 Å². The Kier molecular flexibility index (Phi) is 5.99. The molecule has 1 amide bonds. The predicted octanol–water partition coefficient (Wildman–Crippen LogP) is 2.63. The highest BCUT2D eigenvalue weighted by Crippen LogP contribution is 2.32. The zero-order valence-corrected chi connectivity index (χ0v) is 17.7. The Labute approximate surface area is 182 Å². The van der Waals surface area contributed by atoms with Crippen molar-refractivity contribution < 1.29 is 23.4 Å². The Morgan fingerprint density at radius 2 is 1.90 bits per heavy atom. The molecule has 5 rings (SSSR count). The lowest BCUT2D eigenvalue weighted by atomic mass is 10.2. The summed E-state index contributed by atoms with van der Waals surface area (Å²) in [5.41, 5.74) is 0.555. The quantitative estimate of drug-likeness (QED) is 0.759. The summed E-state index contributed by atoms with van der Waals surface area (Å²) < 4.78 is 22.7. The van der Waals surface area contributed by atoms with Crippen LogP contribution in [-0.2, 0) is 11.3 Å². The first kappa shape index (κ1) is 20.2. The third kappa shape index (κ3) is 4.80. The van der Waals surface area contributed by atoms with Gasteiger partial charge >= 0.3 is 0 Å². The van der Waals surface area contributed by atoms with Crippen LogP contribution in [0.5, 0.6) is 11.5 Å². The molecule has 0 saturated carbocycles. The van der Waals surface area contributed by atoms with Gasteiger partial charge in [-0.15, -0.1) is 0 Å². The van der Waals surface area contributed by atoms with Gasteiger partial charge in [0.2, 0.25) is 6.79 Å². The van der Waals surface area contributed by atoms with Gasteiger partial charge in [-0.05, 0) is 43.5 Å². The van der Waals surface area contributed by atoms with Crippen molar-refractivity contribution in [3.63, 3.8) is 0 Å². The van der Waals surface area contributed by atoms with Gasteiger partial charge in [0.25, 0.3) is 5.91 Å². The Hall–Kier alpha value is -2.71. The minimum atomic E-state index is -0.140. The molecule has 1 aromatic heterocycles. The number of furan rings is 1. The third-order valence-corrected chi connectivity index (χ3v) is 6.00. The summed E-state index contributed by atoms with van der Waals surface area (Å²) in [6.07, 6.45) is 3.37. The summed E-state index contributed by atoms with van der Waals surface area (Å²) >= 11 is 0. The van der Waals surface area contributed by atoms with Gasteiger partial charge in [-0.3, -0.25) is 9.69 Å². The van der Waals surface area contributed by atoms with E-state index >= 15 is 0 Å². The molecule has 8 nitrogen and oxygen atoms in total. The molecule has 8 heteroatoms. The smallest absolute Gasteiger partial charge is 0.251 e. The average molecular weight is 428 g/mol. The van der Waals surface area contributed by atoms with Crippen LogP contribution < -0.4 is 19.7 Å². The monoisotopic (exact) mass is 427 g/mol. The highest BCUT2D eigenvalue weighted by molar-refractivity contribution is 5.94. The fraction of sp³-hybridized carbons (Fsp3) is 0.522. The first-order chi connectivity index (χ1) is 15.2. The number of nitrogens with one attached hydrogen (secondary N) is 1. The van der Waals surface area contributed by atoms with Crippen molar-refractivity contribution in [1.82, 2.24) is 10.2 Å². The van der Waals surface area contributed by atoms with Gasteiger partial charge < -0.3 is 28.8 Å². The number of anilines is 1. The first-order valence-electron chi connectivity index (χ1n) is 11.1. The fourth-order valence-corrected chi connectivity index (χ4v) is 4.36. The maximum atomic E-state index is 12.6. The molecule has 1 unspecified atom stereocenters. The zero-order valence-electron chi connectivity index (χ0n) is 17.7. The van der Waals surface area contributed by atoms with E-state index in [0.29, 0.717) is 30.2 Å². The van der Waals surface area contributed by atoms with Crippen LogP contribution in [0.25, 0.3) is 0 Å². The lowest BCUT2D eigenvalue weighted by Crippen LogP contribution is -2.40. The first-order valence-corrected chi connectivity index (χ1v) is 11.1. The molecule has 3 aliphatic rings. The predicted molar refractivity (Wildman–Crippen MR) is 115 cm³/mol. The van der Waals surface area contributed by atoms with E-state index in [9.17, 15) is 4.79 Å². The van der Waals surface area contributed by atoms with Crippen molar-refractivity contribution in [2.75, 3.05) is 51.0 Å². The van der Waals surface area contributed by atoms with E-state index in [4.69, 9.17) is 18.6 Å². The zero-order chi connectivity index (χ0) is 21.0. The number of rotatable bonds is 6. The number of benzene rings is 1. The highest BCUT2D eigenvalue weighted by Gasteiger charge is 2.22. The number of nitrogens with zero attached hydrogens (tertiary/aromatic N) is 2. The number of ether oxygens (including phenoxy) is 3. The summed E-state index contributed by atoms with van der Waals surface area (Å²) in [5, 5.41) is 3.00. The van der Waals surface area contributed by atoms with Gasteiger partial charge in [0.1, 0.15) is 5.76 Å². The number of carbonyl (C=O) groups excluding carboxylic acids is 1. The van der Waals surface area contributed by atoms with E-state index in [-0.39, 0.29) is 18.8 Å². The summed E-state index contributed by atoms with van der Waals surface area (Å²) in [6.45, 7) is 5.96. The lowest BCUT2D eigenvalue weighted by Gasteiger charge is -2.23. The molecule has 4 heterocycles. The number of carbonyl (C=O) groups is 1. The van der Waals surface area contributed by atoms with Gasteiger partial charge in [0, 0.05) is 51.0 Å². The number of fused-ring (bicyclic) bond motifs is 1. The number of hydrogen-bond acceptors (Lipinski definition) is 7. The fourth-order valence-electron chi connectivity index (χ4n) is 4.36. The molecule has 2 fully saturated rings. The Bertz CT molecular complexity index is 908. The molecular weight excluding hydrogens is 398 g/mol. The van der Waals surface area contributed by atoms with Crippen molar-refractivity contribution in [2.24, 2.45) is 0 Å². The molecule has 0 spiro atoms. The van der Waals surface area contributed by atoms with Crippen LogP contribution in [0.2, 0.25) is 0 Å². The van der Waals surface area contributed by atoms with Gasteiger partial charge in [0.15, 0.2) is 17.4 Å². The van der Waals surface area contributed by atoms with Crippen LogP contribution in [0, 0.1) is 0 Å². The summed E-state index contributed by atoms with van der Waals surface area (Å²) in [6, 6.07) is 9.39. The molecule has 0 radical (unpaired) electrons. The molecule has 0 aliphatic carbocycles. The SMILES string of the molecule is O=C(NCC1CN(Cc2ccc(N3CCCC3)o2)CCCO1)c1ccc2c(c1)OCO2. The standard InChI is InChI=1S/C23H29N3O5/c27-23(17-4-6-20-21(12-17)30-16-29-20)24-13-19-15-25(8-3-11-28-19)14-18-5-7-22(31-18)26-9-1-2-10-26/h4-7,12,19H,1-3,8-11,13-16H2,(H,24,27). The van der Waals surface area contributed by atoms with Crippen LogP contribution in [0.3, 0.4) is 0 Å². The Balaban J connectivity index is 1.14. The molecule has 1 aromatic carbocycles. The van der Waals surface area contributed by atoms with Gasteiger partial charge in [0.05, 0.1) is 12.6 Å². The maximum Gasteiger partial charge on any atom is 0.251 e. The molecule has 166 valence electrons. The Morgan fingerprint density at radius 1 is 1.03 bits per heavy atom. The van der Waals surface area contributed by atoms with E-state index in [1.807, 2.05) is 0 Å². The van der Waals surface area contributed by atoms with E-state index in [2.05, 4.69) is 27.2 Å². The third-order valence-electron chi connectivity index (χ3n) is 6.00. The second-order valence-corrected chi connectivity index (χ2v) is 8.29. The normalized spacial score (nSPS) is 21.3. The summed E-state index contributed by atoms with van der Waals surface area (Å²) in [4.78, 5) is 17.2. The molecular formula is C23H29N3O5. The lowest BCUT2D eigenvalue weighted by molar-refractivity contribution is 0.0503. The van der Waals surface area contributed by atoms with Crippen molar-refractivity contribution in [1.29, 1.82) is 0 Å². The molecule has 31 heavy (non-hydrogen) atoms. The summed E-state index contributed by atoms with van der Waals surface area (Å²) in [5.74, 6) is 3.10. The van der Waals surface area contributed by atoms with E-state index in [1.54, 1.807) is 18.2 Å². The van der Waals surface area contributed by atoms with Crippen LogP contribution in [0.4, 0.5) is 5.88 Å². The molecule has 0 bridgehead atoms. The van der Waals surface area contributed by atoms with Crippen LogP contribution >= 0.6 is 0 Å². The van der Waals surface area contributed by atoms with Gasteiger partial charge in [-0.1, -0.05) is 0 Å². The molecule has 1 N–H and O–H groups in total. The minimum Gasteiger partial charge on any atom is -0.454 e. The van der Waals surface area contributed by atoms with E-state index in [1.165, 1.54) is 12.8 Å². The molecule has 3 aliphatic heterocycles. The van der Waals surface area contributed by atoms with Crippen molar-refractivity contribution in [3.8, 4) is 11.5 Å². The van der Waals surface area contributed by atoms with Gasteiger partial charge in [-0.2, -0.15) is 0 Å². The van der Waals surface area contributed by atoms with Crippen LogP contribution in [0.1, 0.15) is 35.4 Å². The van der Waals surface area contributed by atoms with E-state index < -0.39 is 0 Å². The molecule has 1 atom stereocenters. The average Bonchev–Trinajstić information content (AvgIpc) is 3.52. The van der Waals surface area contributed by atoms with Crippen LogP contribution in [0.15, 0.2) is 34.7 Å². The second kappa shape index (κ2) is 9.20. The number of hydrogen-bond donors (Lipinski definition) is 1. The summed E-state index contributed by atoms with van der Waals surface area (Å²) in [7, 11) is 0.